The first kappa shape index (κ1) is 19.0. The number of benzene rings is 1. The average molecular weight is 321 g/mol. The molecule has 23 heavy (non-hydrogen) atoms. The molecule has 0 spiro atoms. The van der Waals surface area contributed by atoms with E-state index in [4.69, 9.17) is 10.8 Å². The molecule has 0 aliphatic carbocycles. The standard InChI is InChI=1S/C17H27N3O3/c1-12(10-16(21)22)17(23)13-6-7-15(14(18)11-13)19-8-4-5-9-20(2)3/h6-7,11-12,19H,4-5,8-10,18H2,1-3H3,(H,21,22). The molecule has 0 fully saturated rings. The fourth-order valence-electron chi connectivity index (χ4n) is 2.29. The third-order valence-electron chi connectivity index (χ3n) is 3.61. The summed E-state index contributed by atoms with van der Waals surface area (Å²) in [6.07, 6.45) is 1.96. The zero-order valence-electron chi connectivity index (χ0n) is 14.1. The molecule has 1 aromatic carbocycles. The molecule has 0 aromatic heterocycles. The highest BCUT2D eigenvalue weighted by molar-refractivity contribution is 6.00. The van der Waals surface area contributed by atoms with Gasteiger partial charge < -0.3 is 21.1 Å². The number of hydrogen-bond acceptors (Lipinski definition) is 5. The lowest BCUT2D eigenvalue weighted by molar-refractivity contribution is -0.137. The van der Waals surface area contributed by atoms with Gasteiger partial charge in [-0.3, -0.25) is 9.59 Å². The highest BCUT2D eigenvalue weighted by atomic mass is 16.4. The van der Waals surface area contributed by atoms with E-state index in [1.807, 2.05) is 14.1 Å². The molecule has 0 saturated heterocycles. The maximum absolute atomic E-state index is 12.2. The highest BCUT2D eigenvalue weighted by Gasteiger charge is 2.18. The summed E-state index contributed by atoms with van der Waals surface area (Å²) >= 11 is 0. The largest absolute Gasteiger partial charge is 0.481 e. The van der Waals surface area contributed by atoms with Gasteiger partial charge in [0.2, 0.25) is 0 Å². The second kappa shape index (κ2) is 9.15. The monoisotopic (exact) mass is 321 g/mol. The third kappa shape index (κ3) is 6.69. The van der Waals surface area contributed by atoms with Crippen LogP contribution in [0.25, 0.3) is 0 Å². The van der Waals surface area contributed by atoms with Crippen molar-refractivity contribution in [2.75, 3.05) is 38.2 Å². The number of aliphatic carboxylic acids is 1. The molecule has 0 heterocycles. The molecule has 6 nitrogen and oxygen atoms in total. The molecule has 1 atom stereocenters. The Morgan fingerprint density at radius 1 is 1.30 bits per heavy atom. The van der Waals surface area contributed by atoms with Crippen molar-refractivity contribution in [2.24, 2.45) is 5.92 Å². The lowest BCUT2D eigenvalue weighted by atomic mass is 9.96. The SMILES string of the molecule is CC(CC(=O)O)C(=O)c1ccc(NCCCCN(C)C)c(N)c1. The molecule has 4 N–H and O–H groups in total. The van der Waals surface area contributed by atoms with Crippen LogP contribution in [0.5, 0.6) is 0 Å². The van der Waals surface area contributed by atoms with Crippen molar-refractivity contribution in [3.05, 3.63) is 23.8 Å². The van der Waals surface area contributed by atoms with E-state index in [2.05, 4.69) is 10.2 Å². The van der Waals surface area contributed by atoms with Crippen molar-refractivity contribution >= 4 is 23.1 Å². The molecule has 0 saturated carbocycles. The number of ketones is 1. The Labute approximate surface area is 137 Å². The van der Waals surface area contributed by atoms with Gasteiger partial charge in [0.15, 0.2) is 5.78 Å². The van der Waals surface area contributed by atoms with Gasteiger partial charge in [-0.15, -0.1) is 0 Å². The molecule has 128 valence electrons. The van der Waals surface area contributed by atoms with E-state index in [1.165, 1.54) is 0 Å². The Kier molecular flexibility index (Phi) is 7.54. The summed E-state index contributed by atoms with van der Waals surface area (Å²) in [4.78, 5) is 25.0. The summed E-state index contributed by atoms with van der Waals surface area (Å²) in [5.74, 6) is -1.73. The average Bonchev–Trinajstić information content (AvgIpc) is 2.46. The number of carboxylic acids is 1. The number of carbonyl (C=O) groups is 2. The number of hydrogen-bond donors (Lipinski definition) is 3. The summed E-state index contributed by atoms with van der Waals surface area (Å²) in [6.45, 7) is 3.48. The first-order valence-corrected chi connectivity index (χ1v) is 7.85. The van der Waals surface area contributed by atoms with Gasteiger partial charge in [0.25, 0.3) is 0 Å². The lowest BCUT2D eigenvalue weighted by Gasteiger charge is -2.13. The van der Waals surface area contributed by atoms with E-state index in [0.29, 0.717) is 11.3 Å². The van der Waals surface area contributed by atoms with E-state index < -0.39 is 11.9 Å². The smallest absolute Gasteiger partial charge is 0.304 e. The van der Waals surface area contributed by atoms with E-state index in [1.54, 1.807) is 25.1 Å². The lowest BCUT2D eigenvalue weighted by Crippen LogP contribution is -2.16. The van der Waals surface area contributed by atoms with Gasteiger partial charge in [0.1, 0.15) is 0 Å². The van der Waals surface area contributed by atoms with Crippen LogP contribution < -0.4 is 11.1 Å². The van der Waals surface area contributed by atoms with Crippen LogP contribution in [-0.2, 0) is 4.79 Å². The van der Waals surface area contributed by atoms with E-state index in [-0.39, 0.29) is 12.2 Å². The van der Waals surface area contributed by atoms with Gasteiger partial charge in [-0.25, -0.2) is 0 Å². The predicted octanol–water partition coefficient (Wildman–Crippen LogP) is 2.32. The molecule has 0 bridgehead atoms. The highest BCUT2D eigenvalue weighted by Crippen LogP contribution is 2.22. The van der Waals surface area contributed by atoms with Gasteiger partial charge >= 0.3 is 5.97 Å². The zero-order valence-corrected chi connectivity index (χ0v) is 14.1. The van der Waals surface area contributed by atoms with Crippen LogP contribution in [-0.4, -0.2) is 48.9 Å². The van der Waals surface area contributed by atoms with E-state index in [0.717, 1.165) is 31.6 Å². The van der Waals surface area contributed by atoms with Crippen LogP contribution in [0.3, 0.4) is 0 Å². The number of unbranched alkanes of at least 4 members (excludes halogenated alkanes) is 1. The van der Waals surface area contributed by atoms with Gasteiger partial charge in [-0.05, 0) is 51.7 Å². The van der Waals surface area contributed by atoms with Gasteiger partial charge in [-0.2, -0.15) is 0 Å². The Hall–Kier alpha value is -2.08. The predicted molar refractivity (Wildman–Crippen MR) is 92.9 cm³/mol. The number of anilines is 2. The third-order valence-corrected chi connectivity index (χ3v) is 3.61. The first-order valence-electron chi connectivity index (χ1n) is 7.85. The van der Waals surface area contributed by atoms with Crippen molar-refractivity contribution < 1.29 is 14.7 Å². The number of Topliss-reactive ketones (excluding diaryl/α,β-unsaturated/α-hetero) is 1. The van der Waals surface area contributed by atoms with Gasteiger partial charge in [-0.1, -0.05) is 6.92 Å². The fourth-order valence-corrected chi connectivity index (χ4v) is 2.29. The van der Waals surface area contributed by atoms with Crippen LogP contribution in [0.2, 0.25) is 0 Å². The van der Waals surface area contributed by atoms with Crippen LogP contribution in [0.1, 0.15) is 36.5 Å². The molecule has 0 radical (unpaired) electrons. The minimum Gasteiger partial charge on any atom is -0.481 e. The molecular formula is C17H27N3O3. The van der Waals surface area contributed by atoms with Crippen LogP contribution >= 0.6 is 0 Å². The Bertz CT molecular complexity index is 544. The molecular weight excluding hydrogens is 294 g/mol. The molecule has 1 unspecified atom stereocenters. The van der Waals surface area contributed by atoms with Crippen LogP contribution in [0, 0.1) is 5.92 Å². The number of nitrogen functional groups attached to an aromatic ring is 1. The second-order valence-electron chi connectivity index (χ2n) is 6.10. The summed E-state index contributed by atoms with van der Waals surface area (Å²) in [5.41, 5.74) is 7.75. The quantitative estimate of drug-likeness (QED) is 0.348. The zero-order chi connectivity index (χ0) is 17.4. The topological polar surface area (TPSA) is 95.7 Å². The Balaban J connectivity index is 2.57. The fraction of sp³-hybridized carbons (Fsp3) is 0.529. The van der Waals surface area contributed by atoms with Crippen molar-refractivity contribution in [1.29, 1.82) is 0 Å². The summed E-state index contributed by atoms with van der Waals surface area (Å²) in [7, 11) is 4.10. The van der Waals surface area contributed by atoms with Crippen molar-refractivity contribution in [3.63, 3.8) is 0 Å². The maximum atomic E-state index is 12.2. The van der Waals surface area contributed by atoms with Gasteiger partial charge in [0, 0.05) is 18.0 Å². The van der Waals surface area contributed by atoms with Gasteiger partial charge in [0.05, 0.1) is 17.8 Å². The minimum absolute atomic E-state index is 0.176. The van der Waals surface area contributed by atoms with E-state index >= 15 is 0 Å². The summed E-state index contributed by atoms with van der Waals surface area (Å²) < 4.78 is 0. The Morgan fingerprint density at radius 3 is 2.57 bits per heavy atom. The molecule has 6 heteroatoms. The normalized spacial score (nSPS) is 12.2. The molecule has 0 aliphatic rings. The van der Waals surface area contributed by atoms with Crippen molar-refractivity contribution in [3.8, 4) is 0 Å². The Morgan fingerprint density at radius 2 is 2.00 bits per heavy atom. The number of nitrogens with one attached hydrogen (secondary N) is 1. The van der Waals surface area contributed by atoms with Crippen LogP contribution in [0.4, 0.5) is 11.4 Å². The summed E-state index contributed by atoms with van der Waals surface area (Å²) in [5, 5.41) is 12.0. The molecule has 0 amide bonds. The van der Waals surface area contributed by atoms with Crippen molar-refractivity contribution in [2.45, 2.75) is 26.2 Å². The number of nitrogens with zero attached hydrogens (tertiary/aromatic N) is 1. The van der Waals surface area contributed by atoms with E-state index in [9.17, 15) is 9.59 Å². The maximum Gasteiger partial charge on any atom is 0.304 e. The molecule has 1 aromatic rings. The number of nitrogens with two attached hydrogens (primary N) is 1. The first-order chi connectivity index (χ1) is 10.8. The number of rotatable bonds is 10. The molecule has 1 rings (SSSR count). The summed E-state index contributed by atoms with van der Waals surface area (Å²) in [6, 6.07) is 5.09. The molecule has 0 aliphatic heterocycles. The second-order valence-corrected chi connectivity index (χ2v) is 6.10. The number of carboxylic acid groups (broad SMARTS) is 1. The number of carbonyl (C=O) groups excluding carboxylic acids is 1. The minimum atomic E-state index is -0.977. The van der Waals surface area contributed by atoms with Crippen molar-refractivity contribution in [1.82, 2.24) is 4.90 Å². The van der Waals surface area contributed by atoms with Crippen LogP contribution in [0.15, 0.2) is 18.2 Å².